The van der Waals surface area contributed by atoms with Crippen LogP contribution in [0.4, 0.5) is 10.1 Å². The number of halogens is 1. The van der Waals surface area contributed by atoms with Gasteiger partial charge in [-0.3, -0.25) is 4.79 Å². The monoisotopic (exact) mass is 519 g/mol. The first-order valence-corrected chi connectivity index (χ1v) is 13.7. The van der Waals surface area contributed by atoms with Crippen LogP contribution >= 0.6 is 0 Å². The highest BCUT2D eigenvalue weighted by molar-refractivity contribution is 7.91. The van der Waals surface area contributed by atoms with E-state index in [0.29, 0.717) is 28.4 Å². The summed E-state index contributed by atoms with van der Waals surface area (Å²) in [6.07, 6.45) is 7.24. The fourth-order valence-corrected chi connectivity index (χ4v) is 6.61. The maximum absolute atomic E-state index is 14.2. The summed E-state index contributed by atoms with van der Waals surface area (Å²) in [6.45, 7) is 4.29. The number of rotatable bonds is 7. The second-order valence-corrected chi connectivity index (χ2v) is 11.1. The van der Waals surface area contributed by atoms with Crippen molar-refractivity contribution in [3.63, 3.8) is 0 Å². The topological polar surface area (TPSA) is 99.3 Å². The number of hydrogen-bond acceptors (Lipinski definition) is 4. The smallest absolute Gasteiger partial charge is 0.272 e. The highest BCUT2D eigenvalue weighted by Gasteiger charge is 2.31. The van der Waals surface area contributed by atoms with Crippen LogP contribution in [0.2, 0.25) is 0 Å². The fourth-order valence-electron chi connectivity index (χ4n) is 4.46. The van der Waals surface area contributed by atoms with E-state index in [1.54, 1.807) is 23.9 Å². The molecule has 0 radical (unpaired) electrons. The Hall–Kier alpha value is -3.74. The summed E-state index contributed by atoms with van der Waals surface area (Å²) < 4.78 is 37.2. The van der Waals surface area contributed by atoms with E-state index >= 15 is 0 Å². The molecule has 0 bridgehead atoms. The third-order valence-corrected chi connectivity index (χ3v) is 8.60. The normalized spacial score (nSPS) is 19.4. The molecule has 1 aliphatic heterocycles. The van der Waals surface area contributed by atoms with Gasteiger partial charge in [-0.2, -0.15) is 5.26 Å². The molecule has 4 rings (SSSR count). The Labute approximate surface area is 217 Å². The van der Waals surface area contributed by atoms with E-state index in [2.05, 4.69) is 33.5 Å². The Morgan fingerprint density at radius 1 is 1.30 bits per heavy atom. The van der Waals surface area contributed by atoms with Gasteiger partial charge in [-0.1, -0.05) is 49.4 Å². The lowest BCUT2D eigenvalue weighted by atomic mass is 9.94. The lowest BCUT2D eigenvalue weighted by molar-refractivity contribution is 0.101. The molecule has 2 unspecified atom stereocenters. The summed E-state index contributed by atoms with van der Waals surface area (Å²) in [5, 5.41) is 11.8. The molecule has 0 fully saturated rings. The Morgan fingerprint density at radius 2 is 2.05 bits per heavy atom. The molecule has 0 saturated heterocycles. The number of nitrogens with zero attached hydrogens (tertiary/aromatic N) is 3. The number of hydrogen-bond donors (Lipinski definition) is 2. The maximum Gasteiger partial charge on any atom is 0.272 e. The number of nitriles is 1. The summed E-state index contributed by atoms with van der Waals surface area (Å²) >= 11 is 0. The van der Waals surface area contributed by atoms with Crippen LogP contribution in [0.5, 0.6) is 0 Å². The molecular weight excluding hydrogens is 489 g/mol. The number of anilines is 1. The van der Waals surface area contributed by atoms with Crippen molar-refractivity contribution in [3.05, 3.63) is 89.0 Å². The van der Waals surface area contributed by atoms with Crippen molar-refractivity contribution in [2.24, 2.45) is 17.3 Å². The van der Waals surface area contributed by atoms with E-state index in [4.69, 9.17) is 5.26 Å². The zero-order chi connectivity index (χ0) is 26.6. The zero-order valence-corrected chi connectivity index (χ0v) is 21.9. The molecule has 7 nitrogen and oxygen atoms in total. The molecule has 9 heteroatoms. The SMILES string of the molecule is CCN=S1(=O)N[C@@H](C(C)CCc2ccccc2)C=Cc2c1cn(C)c2C(=O)Nc1ccc(F)c(C#N)c1. The van der Waals surface area contributed by atoms with E-state index in [1.807, 2.05) is 37.3 Å². The van der Waals surface area contributed by atoms with Crippen molar-refractivity contribution in [1.82, 2.24) is 9.29 Å². The number of fused-ring (bicyclic) bond motifs is 1. The fraction of sp³-hybridized carbons (Fsp3) is 0.286. The predicted molar refractivity (Wildman–Crippen MR) is 144 cm³/mol. The summed E-state index contributed by atoms with van der Waals surface area (Å²) in [7, 11) is -1.32. The first-order chi connectivity index (χ1) is 17.8. The zero-order valence-electron chi connectivity index (χ0n) is 21.1. The predicted octanol–water partition coefficient (Wildman–Crippen LogP) is 5.30. The van der Waals surface area contributed by atoms with E-state index in [9.17, 15) is 13.4 Å². The molecule has 1 amide bonds. The van der Waals surface area contributed by atoms with Crippen LogP contribution in [-0.4, -0.2) is 27.3 Å². The van der Waals surface area contributed by atoms with Gasteiger partial charge in [0.05, 0.1) is 10.5 Å². The van der Waals surface area contributed by atoms with Gasteiger partial charge in [0, 0.05) is 37.1 Å². The average molecular weight is 520 g/mol. The first kappa shape index (κ1) is 26.3. The number of nitrogens with one attached hydrogen (secondary N) is 2. The molecular formula is C28H30FN5O2S. The summed E-state index contributed by atoms with van der Waals surface area (Å²) in [4.78, 5) is 13.8. The van der Waals surface area contributed by atoms with Crippen LogP contribution in [0.15, 0.2) is 70.1 Å². The third-order valence-electron chi connectivity index (χ3n) is 6.46. The van der Waals surface area contributed by atoms with Crippen molar-refractivity contribution in [2.45, 2.75) is 37.6 Å². The van der Waals surface area contributed by atoms with Crippen LogP contribution in [-0.2, 0) is 23.4 Å². The first-order valence-electron chi connectivity index (χ1n) is 12.2. The van der Waals surface area contributed by atoms with E-state index in [0.717, 1.165) is 18.9 Å². The van der Waals surface area contributed by atoms with E-state index in [1.165, 1.54) is 17.7 Å². The molecule has 192 valence electrons. The number of carbonyl (C=O) groups excluding carboxylic acids is 1. The van der Waals surface area contributed by atoms with Gasteiger partial charge in [0.15, 0.2) is 0 Å². The number of aromatic nitrogens is 1. The molecule has 2 N–H and O–H groups in total. The number of benzene rings is 2. The summed E-state index contributed by atoms with van der Waals surface area (Å²) in [5.41, 5.74) is 2.20. The molecule has 0 spiro atoms. The Kier molecular flexibility index (Phi) is 7.91. The minimum atomic E-state index is -3.02. The third kappa shape index (κ3) is 5.66. The number of carbonyl (C=O) groups is 1. The Bertz CT molecular complexity index is 1500. The van der Waals surface area contributed by atoms with Crippen molar-refractivity contribution >= 4 is 27.6 Å². The van der Waals surface area contributed by atoms with Crippen LogP contribution in [0.25, 0.3) is 6.08 Å². The van der Waals surface area contributed by atoms with Crippen LogP contribution < -0.4 is 10.0 Å². The summed E-state index contributed by atoms with van der Waals surface area (Å²) in [6, 6.07) is 15.6. The lowest BCUT2D eigenvalue weighted by Crippen LogP contribution is -2.37. The molecule has 2 heterocycles. The van der Waals surface area contributed by atoms with Crippen molar-refractivity contribution in [1.29, 1.82) is 5.26 Å². The summed E-state index contributed by atoms with van der Waals surface area (Å²) in [5.74, 6) is -0.962. The molecule has 1 aromatic heterocycles. The molecule has 0 saturated carbocycles. The van der Waals surface area contributed by atoms with Crippen molar-refractivity contribution < 1.29 is 13.4 Å². The minimum absolute atomic E-state index is 0.156. The number of amides is 1. The van der Waals surface area contributed by atoms with Gasteiger partial charge in [-0.25, -0.2) is 17.7 Å². The molecule has 3 aromatic rings. The van der Waals surface area contributed by atoms with E-state index in [-0.39, 0.29) is 17.5 Å². The molecule has 37 heavy (non-hydrogen) atoms. The Balaban J connectivity index is 1.66. The molecule has 1 aliphatic rings. The van der Waals surface area contributed by atoms with Crippen LogP contribution in [0.1, 0.15) is 47.4 Å². The molecule has 3 atom stereocenters. The van der Waals surface area contributed by atoms with Gasteiger partial charge in [0.1, 0.15) is 27.5 Å². The van der Waals surface area contributed by atoms with Gasteiger partial charge < -0.3 is 9.88 Å². The standard InChI is InChI=1S/C28H30FN5O2S/c1-4-31-37(36)26-18-34(3)27(28(35)32-22-12-14-24(29)21(16-22)17-30)23(26)13-15-25(33-37)19(2)10-11-20-8-6-5-7-9-20/h5-9,12-16,18-19,25H,4,10-11H2,1-3H3,(H,32,35)(H,31,33,36)/t19?,25-,37?/m1/s1. The Morgan fingerprint density at radius 3 is 2.76 bits per heavy atom. The second-order valence-electron chi connectivity index (χ2n) is 9.10. The highest BCUT2D eigenvalue weighted by atomic mass is 32.2. The molecule has 2 aromatic carbocycles. The van der Waals surface area contributed by atoms with Gasteiger partial charge in [-0.05, 0) is 49.4 Å². The van der Waals surface area contributed by atoms with Gasteiger partial charge >= 0.3 is 0 Å². The lowest BCUT2D eigenvalue weighted by Gasteiger charge is -2.23. The van der Waals surface area contributed by atoms with Crippen molar-refractivity contribution in [2.75, 3.05) is 11.9 Å². The van der Waals surface area contributed by atoms with Crippen molar-refractivity contribution in [3.8, 4) is 6.07 Å². The van der Waals surface area contributed by atoms with Crippen LogP contribution in [0.3, 0.4) is 0 Å². The highest BCUT2D eigenvalue weighted by Crippen LogP contribution is 2.30. The van der Waals surface area contributed by atoms with Gasteiger partial charge in [0.2, 0.25) is 0 Å². The van der Waals surface area contributed by atoms with E-state index < -0.39 is 21.6 Å². The van der Waals surface area contributed by atoms with Crippen LogP contribution in [0, 0.1) is 23.1 Å². The van der Waals surface area contributed by atoms with Gasteiger partial charge in [0.25, 0.3) is 5.91 Å². The maximum atomic E-state index is 14.2. The number of aryl methyl sites for hydroxylation is 2. The quantitative estimate of drug-likeness (QED) is 0.443. The second kappa shape index (κ2) is 11.1. The molecule has 0 aliphatic carbocycles. The largest absolute Gasteiger partial charge is 0.345 e. The van der Waals surface area contributed by atoms with Gasteiger partial charge in [-0.15, -0.1) is 0 Å². The minimum Gasteiger partial charge on any atom is -0.345 e. The average Bonchev–Trinajstić information content (AvgIpc) is 3.16.